The van der Waals surface area contributed by atoms with Gasteiger partial charge in [0.05, 0.1) is 29.0 Å². The Morgan fingerprint density at radius 2 is 1.89 bits per heavy atom. The summed E-state index contributed by atoms with van der Waals surface area (Å²) in [6.45, 7) is 0.798. The number of benzene rings is 2. The number of nitrogens with zero attached hydrogens (tertiary/aromatic N) is 3. The van der Waals surface area contributed by atoms with Crippen LogP contribution in [0.2, 0.25) is 0 Å². The SMILES string of the molecule is Cn1c(CNC(=O)c2ccc(N3CCCS3(=O)=O)cc2)nc2ccccc21. The van der Waals surface area contributed by atoms with Crippen LogP contribution in [0.1, 0.15) is 22.6 Å². The van der Waals surface area contributed by atoms with Crippen LogP contribution in [0.15, 0.2) is 48.5 Å². The van der Waals surface area contributed by atoms with E-state index < -0.39 is 10.0 Å². The van der Waals surface area contributed by atoms with Gasteiger partial charge in [0.1, 0.15) is 5.82 Å². The predicted octanol–water partition coefficient (Wildman–Crippen LogP) is 2.04. The molecule has 0 atom stereocenters. The second kappa shape index (κ2) is 6.70. The first-order chi connectivity index (χ1) is 13.0. The van der Waals surface area contributed by atoms with Crippen molar-refractivity contribution in [2.75, 3.05) is 16.6 Å². The molecule has 1 fully saturated rings. The van der Waals surface area contributed by atoms with Gasteiger partial charge in [0.2, 0.25) is 10.0 Å². The molecule has 0 radical (unpaired) electrons. The van der Waals surface area contributed by atoms with Crippen molar-refractivity contribution >= 4 is 32.7 Å². The van der Waals surface area contributed by atoms with E-state index in [4.69, 9.17) is 0 Å². The van der Waals surface area contributed by atoms with Gasteiger partial charge in [0.15, 0.2) is 0 Å². The lowest BCUT2D eigenvalue weighted by Crippen LogP contribution is -2.26. The minimum Gasteiger partial charge on any atom is -0.345 e. The van der Waals surface area contributed by atoms with Crippen LogP contribution in [0.3, 0.4) is 0 Å². The number of para-hydroxylation sites is 2. The van der Waals surface area contributed by atoms with Crippen LogP contribution in [-0.2, 0) is 23.6 Å². The van der Waals surface area contributed by atoms with Gasteiger partial charge in [-0.05, 0) is 42.8 Å². The Kier molecular flexibility index (Phi) is 4.35. The zero-order chi connectivity index (χ0) is 19.0. The van der Waals surface area contributed by atoms with Gasteiger partial charge >= 0.3 is 0 Å². The number of hydrogen-bond donors (Lipinski definition) is 1. The maximum absolute atomic E-state index is 12.4. The van der Waals surface area contributed by atoms with Crippen molar-refractivity contribution in [3.8, 4) is 0 Å². The molecule has 140 valence electrons. The molecule has 4 rings (SSSR count). The summed E-state index contributed by atoms with van der Waals surface area (Å²) in [7, 11) is -1.30. The molecule has 27 heavy (non-hydrogen) atoms. The van der Waals surface area contributed by atoms with Crippen LogP contribution in [0.5, 0.6) is 0 Å². The number of aromatic nitrogens is 2. The molecule has 0 aliphatic carbocycles. The summed E-state index contributed by atoms with van der Waals surface area (Å²) in [5, 5.41) is 2.87. The molecule has 0 bridgehead atoms. The standard InChI is InChI=1S/C19H20N4O3S/c1-22-17-6-3-2-5-16(17)21-18(22)13-20-19(24)14-7-9-15(10-8-14)23-11-4-12-27(23,25)26/h2-3,5-10H,4,11-13H2,1H3,(H,20,24). The Balaban J connectivity index is 1.46. The molecule has 7 nitrogen and oxygen atoms in total. The lowest BCUT2D eigenvalue weighted by Gasteiger charge is -2.17. The minimum absolute atomic E-state index is 0.174. The van der Waals surface area contributed by atoms with Gasteiger partial charge in [-0.15, -0.1) is 0 Å². The Bertz CT molecular complexity index is 1100. The van der Waals surface area contributed by atoms with Crippen LogP contribution < -0.4 is 9.62 Å². The quantitative estimate of drug-likeness (QED) is 0.746. The number of imidazole rings is 1. The topological polar surface area (TPSA) is 84.3 Å². The number of sulfonamides is 1. The molecule has 0 saturated carbocycles. The Morgan fingerprint density at radius 1 is 1.15 bits per heavy atom. The number of carbonyl (C=O) groups is 1. The van der Waals surface area contributed by atoms with Gasteiger partial charge in [-0.2, -0.15) is 0 Å². The molecule has 0 spiro atoms. The van der Waals surface area contributed by atoms with Crippen molar-refractivity contribution in [1.82, 2.24) is 14.9 Å². The summed E-state index contributed by atoms with van der Waals surface area (Å²) in [4.78, 5) is 17.0. The van der Waals surface area contributed by atoms with Crippen molar-refractivity contribution in [3.05, 3.63) is 59.9 Å². The molecule has 1 aliphatic rings. The smallest absolute Gasteiger partial charge is 0.251 e. The molecule has 1 aliphatic heterocycles. The second-order valence-corrected chi connectivity index (χ2v) is 8.56. The van der Waals surface area contributed by atoms with Gasteiger partial charge in [0.25, 0.3) is 5.91 Å². The average molecular weight is 384 g/mol. The van der Waals surface area contributed by atoms with Crippen LogP contribution in [0, 0.1) is 0 Å². The largest absolute Gasteiger partial charge is 0.345 e. The molecule has 0 unspecified atom stereocenters. The van der Waals surface area contributed by atoms with Crippen molar-refractivity contribution in [3.63, 3.8) is 0 Å². The first-order valence-corrected chi connectivity index (χ1v) is 10.4. The molecule has 3 aromatic rings. The lowest BCUT2D eigenvalue weighted by atomic mass is 10.2. The number of anilines is 1. The van der Waals surface area contributed by atoms with E-state index in [-0.39, 0.29) is 11.7 Å². The van der Waals surface area contributed by atoms with E-state index in [1.54, 1.807) is 24.3 Å². The third-order valence-corrected chi connectivity index (χ3v) is 6.67. The zero-order valence-corrected chi connectivity index (χ0v) is 15.7. The third kappa shape index (κ3) is 3.28. The Labute approximate surface area is 157 Å². The van der Waals surface area contributed by atoms with E-state index in [9.17, 15) is 13.2 Å². The minimum atomic E-state index is -3.22. The fourth-order valence-corrected chi connectivity index (χ4v) is 4.89. The third-order valence-electron chi connectivity index (χ3n) is 4.80. The normalized spacial score (nSPS) is 16.0. The molecule has 1 saturated heterocycles. The van der Waals surface area contributed by atoms with Gasteiger partial charge in [-0.1, -0.05) is 12.1 Å². The highest BCUT2D eigenvalue weighted by atomic mass is 32.2. The second-order valence-electron chi connectivity index (χ2n) is 6.55. The first kappa shape index (κ1) is 17.5. The summed E-state index contributed by atoms with van der Waals surface area (Å²) in [5.74, 6) is 0.718. The van der Waals surface area contributed by atoms with Crippen LogP contribution >= 0.6 is 0 Å². The summed E-state index contributed by atoms with van der Waals surface area (Å²) < 4.78 is 27.3. The molecule has 2 heterocycles. The van der Waals surface area contributed by atoms with Crippen molar-refractivity contribution in [2.24, 2.45) is 7.05 Å². The number of carbonyl (C=O) groups excluding carboxylic acids is 1. The number of fused-ring (bicyclic) bond motifs is 1. The van der Waals surface area contributed by atoms with Crippen molar-refractivity contribution in [2.45, 2.75) is 13.0 Å². The summed E-state index contributed by atoms with van der Waals surface area (Å²) >= 11 is 0. The molecule has 1 amide bonds. The highest BCUT2D eigenvalue weighted by Crippen LogP contribution is 2.24. The number of nitrogens with one attached hydrogen (secondary N) is 1. The van der Waals surface area contributed by atoms with E-state index in [1.807, 2.05) is 35.9 Å². The van der Waals surface area contributed by atoms with E-state index >= 15 is 0 Å². The fraction of sp³-hybridized carbons (Fsp3) is 0.263. The van der Waals surface area contributed by atoms with Gasteiger partial charge in [-0.25, -0.2) is 13.4 Å². The number of hydrogen-bond acceptors (Lipinski definition) is 4. The van der Waals surface area contributed by atoms with Crippen LogP contribution in [0.4, 0.5) is 5.69 Å². The van der Waals surface area contributed by atoms with Crippen molar-refractivity contribution in [1.29, 1.82) is 0 Å². The molecule has 1 N–H and O–H groups in total. The van der Waals surface area contributed by atoms with Crippen molar-refractivity contribution < 1.29 is 13.2 Å². The molecule has 1 aromatic heterocycles. The molecular formula is C19H20N4O3S. The lowest BCUT2D eigenvalue weighted by molar-refractivity contribution is 0.0949. The van der Waals surface area contributed by atoms with E-state index in [2.05, 4.69) is 10.3 Å². The molecular weight excluding hydrogens is 364 g/mol. The monoisotopic (exact) mass is 384 g/mol. The first-order valence-electron chi connectivity index (χ1n) is 8.75. The van der Waals surface area contributed by atoms with Gasteiger partial charge < -0.3 is 9.88 Å². The van der Waals surface area contributed by atoms with E-state index in [0.717, 1.165) is 16.9 Å². The molecule has 2 aromatic carbocycles. The maximum atomic E-state index is 12.4. The Hall–Kier alpha value is -2.87. The van der Waals surface area contributed by atoms with Gasteiger partial charge in [-0.3, -0.25) is 9.10 Å². The molecule has 8 heteroatoms. The summed E-state index contributed by atoms with van der Waals surface area (Å²) in [6, 6.07) is 14.4. The number of aryl methyl sites for hydroxylation is 1. The highest BCUT2D eigenvalue weighted by molar-refractivity contribution is 7.93. The zero-order valence-electron chi connectivity index (χ0n) is 14.9. The summed E-state index contributed by atoms with van der Waals surface area (Å²) in [5.41, 5.74) is 2.98. The Morgan fingerprint density at radius 3 is 2.56 bits per heavy atom. The number of rotatable bonds is 4. The summed E-state index contributed by atoms with van der Waals surface area (Å²) in [6.07, 6.45) is 0.628. The van der Waals surface area contributed by atoms with E-state index in [0.29, 0.717) is 30.8 Å². The van der Waals surface area contributed by atoms with Gasteiger partial charge in [0, 0.05) is 19.2 Å². The predicted molar refractivity (Wildman–Crippen MR) is 104 cm³/mol. The average Bonchev–Trinajstić information content (AvgIpc) is 3.19. The maximum Gasteiger partial charge on any atom is 0.251 e. The van der Waals surface area contributed by atoms with Crippen LogP contribution in [0.25, 0.3) is 11.0 Å². The highest BCUT2D eigenvalue weighted by Gasteiger charge is 2.28. The van der Waals surface area contributed by atoms with E-state index in [1.165, 1.54) is 4.31 Å². The number of amides is 1. The fourth-order valence-electron chi connectivity index (χ4n) is 3.32. The van der Waals surface area contributed by atoms with Crippen LogP contribution in [-0.4, -0.2) is 36.2 Å².